The molecular weight excluding hydrogens is 236 g/mol. The average molecular weight is 268 g/mol. The van der Waals surface area contributed by atoms with Crippen LogP contribution in [0.3, 0.4) is 0 Å². The van der Waals surface area contributed by atoms with Crippen molar-refractivity contribution in [2.45, 2.75) is 52.7 Å². The standard InChI is InChI=1S/C16H32N2O/c1-12(2)9-17-10-13-6-7-18(11-13)14-8-15(19-5)16(14,3)4/h12-15,17H,6-11H2,1-5H3. The van der Waals surface area contributed by atoms with Gasteiger partial charge >= 0.3 is 0 Å². The van der Waals surface area contributed by atoms with E-state index in [0.717, 1.165) is 24.4 Å². The van der Waals surface area contributed by atoms with Gasteiger partial charge in [-0.3, -0.25) is 4.90 Å². The second-order valence-electron chi connectivity index (χ2n) is 7.50. The Kier molecular flexibility index (Phi) is 4.91. The summed E-state index contributed by atoms with van der Waals surface area (Å²) in [7, 11) is 1.85. The molecule has 112 valence electrons. The molecule has 0 bridgehead atoms. The number of methoxy groups -OCH3 is 1. The normalized spacial score (nSPS) is 34.7. The lowest BCUT2D eigenvalue weighted by Crippen LogP contribution is -2.61. The topological polar surface area (TPSA) is 24.5 Å². The molecule has 1 saturated carbocycles. The molecular formula is C16H32N2O. The van der Waals surface area contributed by atoms with E-state index in [1.807, 2.05) is 7.11 Å². The minimum atomic E-state index is 0.328. The van der Waals surface area contributed by atoms with E-state index in [0.29, 0.717) is 11.5 Å². The lowest BCUT2D eigenvalue weighted by molar-refractivity contribution is -0.133. The highest BCUT2D eigenvalue weighted by molar-refractivity contribution is 5.05. The highest BCUT2D eigenvalue weighted by Crippen LogP contribution is 2.46. The number of rotatable bonds is 6. The number of nitrogens with zero attached hydrogens (tertiary/aromatic N) is 1. The molecule has 2 aliphatic rings. The summed E-state index contributed by atoms with van der Waals surface area (Å²) in [6, 6.07) is 0.729. The van der Waals surface area contributed by atoms with Crippen LogP contribution in [0.2, 0.25) is 0 Å². The maximum Gasteiger partial charge on any atom is 0.0652 e. The predicted molar refractivity (Wildman–Crippen MR) is 80.4 cm³/mol. The molecule has 3 nitrogen and oxygen atoms in total. The van der Waals surface area contributed by atoms with Crippen molar-refractivity contribution in [1.29, 1.82) is 0 Å². The second-order valence-corrected chi connectivity index (χ2v) is 7.50. The van der Waals surface area contributed by atoms with E-state index in [2.05, 4.69) is 37.9 Å². The number of ether oxygens (including phenoxy) is 1. The van der Waals surface area contributed by atoms with E-state index >= 15 is 0 Å². The molecule has 3 atom stereocenters. The van der Waals surface area contributed by atoms with Gasteiger partial charge in [0, 0.05) is 25.1 Å². The molecule has 0 aromatic heterocycles. The van der Waals surface area contributed by atoms with Crippen molar-refractivity contribution in [3.05, 3.63) is 0 Å². The Morgan fingerprint density at radius 1 is 1.37 bits per heavy atom. The second kappa shape index (κ2) is 6.11. The summed E-state index contributed by atoms with van der Waals surface area (Å²) in [4.78, 5) is 2.71. The molecule has 1 heterocycles. The molecule has 3 unspecified atom stereocenters. The molecule has 0 aromatic rings. The summed E-state index contributed by atoms with van der Waals surface area (Å²) in [6.07, 6.45) is 3.03. The predicted octanol–water partition coefficient (Wildman–Crippen LogP) is 2.37. The number of likely N-dealkylation sites (tertiary alicyclic amines) is 1. The fourth-order valence-electron chi connectivity index (χ4n) is 3.77. The highest BCUT2D eigenvalue weighted by atomic mass is 16.5. The van der Waals surface area contributed by atoms with Crippen LogP contribution < -0.4 is 5.32 Å². The smallest absolute Gasteiger partial charge is 0.0652 e. The Balaban J connectivity index is 1.74. The average Bonchev–Trinajstić information content (AvgIpc) is 2.76. The maximum absolute atomic E-state index is 5.57. The summed E-state index contributed by atoms with van der Waals surface area (Å²) < 4.78 is 5.57. The zero-order valence-corrected chi connectivity index (χ0v) is 13.4. The number of nitrogens with one attached hydrogen (secondary N) is 1. The summed E-state index contributed by atoms with van der Waals surface area (Å²) in [5.74, 6) is 1.60. The third-order valence-corrected chi connectivity index (χ3v) is 5.15. The van der Waals surface area contributed by atoms with Crippen LogP contribution in [0.25, 0.3) is 0 Å². The summed E-state index contributed by atoms with van der Waals surface area (Å²) in [5.41, 5.74) is 0.328. The Morgan fingerprint density at radius 3 is 2.68 bits per heavy atom. The Hall–Kier alpha value is -0.120. The van der Waals surface area contributed by atoms with Crippen molar-refractivity contribution in [2.75, 3.05) is 33.3 Å². The van der Waals surface area contributed by atoms with E-state index < -0.39 is 0 Å². The van der Waals surface area contributed by atoms with Crippen LogP contribution in [0, 0.1) is 17.3 Å². The zero-order valence-electron chi connectivity index (χ0n) is 13.4. The van der Waals surface area contributed by atoms with Gasteiger partial charge in [0.25, 0.3) is 0 Å². The molecule has 0 amide bonds. The fourth-order valence-corrected chi connectivity index (χ4v) is 3.77. The van der Waals surface area contributed by atoms with E-state index in [-0.39, 0.29) is 0 Å². The maximum atomic E-state index is 5.57. The lowest BCUT2D eigenvalue weighted by Gasteiger charge is -2.54. The van der Waals surface area contributed by atoms with Gasteiger partial charge in [0.05, 0.1) is 6.10 Å². The van der Waals surface area contributed by atoms with Gasteiger partial charge in [-0.1, -0.05) is 27.7 Å². The number of hydrogen-bond acceptors (Lipinski definition) is 3. The Bertz CT molecular complexity index is 290. The zero-order chi connectivity index (χ0) is 14.0. The minimum absolute atomic E-state index is 0.328. The molecule has 1 aliphatic heterocycles. The van der Waals surface area contributed by atoms with Gasteiger partial charge < -0.3 is 10.1 Å². The van der Waals surface area contributed by atoms with Gasteiger partial charge in [0.2, 0.25) is 0 Å². The summed E-state index contributed by atoms with van der Waals surface area (Å²) >= 11 is 0. The van der Waals surface area contributed by atoms with Crippen molar-refractivity contribution in [2.24, 2.45) is 17.3 Å². The Morgan fingerprint density at radius 2 is 2.11 bits per heavy atom. The number of hydrogen-bond donors (Lipinski definition) is 1. The SMILES string of the molecule is COC1CC(N2CCC(CNCC(C)C)C2)C1(C)C. The molecule has 1 saturated heterocycles. The fraction of sp³-hybridized carbons (Fsp3) is 1.00. The molecule has 19 heavy (non-hydrogen) atoms. The molecule has 2 fully saturated rings. The molecule has 0 aromatic carbocycles. The largest absolute Gasteiger partial charge is 0.381 e. The van der Waals surface area contributed by atoms with E-state index in [1.54, 1.807) is 0 Å². The van der Waals surface area contributed by atoms with Crippen LogP contribution in [-0.4, -0.2) is 50.3 Å². The van der Waals surface area contributed by atoms with E-state index in [4.69, 9.17) is 4.74 Å². The third-order valence-electron chi connectivity index (χ3n) is 5.15. The van der Waals surface area contributed by atoms with Crippen molar-refractivity contribution in [3.8, 4) is 0 Å². The first-order valence-corrected chi connectivity index (χ1v) is 7.92. The van der Waals surface area contributed by atoms with Gasteiger partial charge in [-0.25, -0.2) is 0 Å². The minimum Gasteiger partial charge on any atom is -0.381 e. The lowest BCUT2D eigenvalue weighted by atomic mass is 9.64. The first kappa shape index (κ1) is 15.3. The molecule has 3 heteroatoms. The third kappa shape index (κ3) is 3.32. The van der Waals surface area contributed by atoms with Crippen molar-refractivity contribution >= 4 is 0 Å². The van der Waals surface area contributed by atoms with Gasteiger partial charge in [0.1, 0.15) is 0 Å². The molecule has 2 rings (SSSR count). The van der Waals surface area contributed by atoms with Crippen molar-refractivity contribution < 1.29 is 4.74 Å². The first-order chi connectivity index (χ1) is 8.95. The van der Waals surface area contributed by atoms with Crippen LogP contribution in [0.15, 0.2) is 0 Å². The van der Waals surface area contributed by atoms with Crippen molar-refractivity contribution in [1.82, 2.24) is 10.2 Å². The van der Waals surface area contributed by atoms with Crippen molar-refractivity contribution in [3.63, 3.8) is 0 Å². The first-order valence-electron chi connectivity index (χ1n) is 7.92. The van der Waals surface area contributed by atoms with E-state index in [1.165, 1.54) is 32.5 Å². The summed E-state index contributed by atoms with van der Waals surface area (Å²) in [6.45, 7) is 14.2. The van der Waals surface area contributed by atoms with Gasteiger partial charge in [0.15, 0.2) is 0 Å². The molecule has 1 aliphatic carbocycles. The molecule has 0 spiro atoms. The van der Waals surface area contributed by atoms with Crippen LogP contribution in [0.5, 0.6) is 0 Å². The summed E-state index contributed by atoms with van der Waals surface area (Å²) in [5, 5.41) is 3.61. The molecule has 0 radical (unpaired) electrons. The van der Waals surface area contributed by atoms with Gasteiger partial charge in [-0.05, 0) is 44.3 Å². The monoisotopic (exact) mass is 268 g/mol. The van der Waals surface area contributed by atoms with Crippen LogP contribution in [0.4, 0.5) is 0 Å². The van der Waals surface area contributed by atoms with Crippen LogP contribution in [0.1, 0.15) is 40.5 Å². The quantitative estimate of drug-likeness (QED) is 0.800. The van der Waals surface area contributed by atoms with Gasteiger partial charge in [-0.2, -0.15) is 0 Å². The highest BCUT2D eigenvalue weighted by Gasteiger charge is 2.52. The van der Waals surface area contributed by atoms with Gasteiger partial charge in [-0.15, -0.1) is 0 Å². The van der Waals surface area contributed by atoms with Crippen LogP contribution >= 0.6 is 0 Å². The molecule has 1 N–H and O–H groups in total. The van der Waals surface area contributed by atoms with Crippen LogP contribution in [-0.2, 0) is 4.74 Å². The van der Waals surface area contributed by atoms with E-state index in [9.17, 15) is 0 Å². The Labute approximate surface area is 119 Å².